The highest BCUT2D eigenvalue weighted by atomic mass is 35.5. The number of nitrogens with one attached hydrogen (secondary N) is 1. The minimum absolute atomic E-state index is 0.175. The fourth-order valence-corrected chi connectivity index (χ4v) is 3.19. The highest BCUT2D eigenvalue weighted by molar-refractivity contribution is 6.31. The zero-order chi connectivity index (χ0) is 20.9. The molecule has 1 N–H and O–H groups in total. The second-order valence-corrected chi connectivity index (χ2v) is 7.16. The number of ether oxygens (including phenoxy) is 2. The number of pyridine rings is 1. The standard InChI is InChI=1S/C24H19ClN2O3/c1-16-5-2-8-19(13-16)30-21-11-10-18(25)14-20(21)27-23(28)15-29-22-9-3-6-17-7-4-12-26-24(17)22/h2-14H,15H2,1H3,(H,27,28). The number of aromatic nitrogens is 1. The van der Waals surface area contributed by atoms with E-state index in [2.05, 4.69) is 10.3 Å². The van der Waals surface area contributed by atoms with Crippen LogP contribution in [0.15, 0.2) is 79.0 Å². The van der Waals surface area contributed by atoms with Crippen LogP contribution in [-0.4, -0.2) is 17.5 Å². The molecule has 3 aromatic carbocycles. The summed E-state index contributed by atoms with van der Waals surface area (Å²) in [7, 11) is 0. The molecule has 0 aliphatic heterocycles. The number of amides is 1. The van der Waals surface area contributed by atoms with Crippen molar-refractivity contribution < 1.29 is 14.3 Å². The van der Waals surface area contributed by atoms with Crippen molar-refractivity contribution >= 4 is 34.1 Å². The lowest BCUT2D eigenvalue weighted by atomic mass is 10.2. The molecule has 0 aliphatic carbocycles. The lowest BCUT2D eigenvalue weighted by Gasteiger charge is -2.14. The van der Waals surface area contributed by atoms with Gasteiger partial charge in [0.2, 0.25) is 0 Å². The fourth-order valence-electron chi connectivity index (χ4n) is 3.02. The van der Waals surface area contributed by atoms with Gasteiger partial charge in [0.15, 0.2) is 12.4 Å². The number of hydrogen-bond acceptors (Lipinski definition) is 4. The Bertz CT molecular complexity index is 1200. The third-order valence-electron chi connectivity index (χ3n) is 4.39. The molecule has 1 aromatic heterocycles. The smallest absolute Gasteiger partial charge is 0.262 e. The molecule has 30 heavy (non-hydrogen) atoms. The first kappa shape index (κ1) is 19.7. The van der Waals surface area contributed by atoms with Crippen molar-refractivity contribution in [1.29, 1.82) is 0 Å². The van der Waals surface area contributed by atoms with Gasteiger partial charge in [0.25, 0.3) is 5.91 Å². The summed E-state index contributed by atoms with van der Waals surface area (Å²) in [5, 5.41) is 4.24. The number of rotatable bonds is 6. The van der Waals surface area contributed by atoms with Gasteiger partial charge in [-0.25, -0.2) is 0 Å². The maximum atomic E-state index is 12.5. The molecule has 0 saturated heterocycles. The maximum absolute atomic E-state index is 12.5. The van der Waals surface area contributed by atoms with Crippen molar-refractivity contribution in [1.82, 2.24) is 4.98 Å². The second-order valence-electron chi connectivity index (χ2n) is 6.73. The Labute approximate surface area is 179 Å². The number of para-hydroxylation sites is 1. The fraction of sp³-hybridized carbons (Fsp3) is 0.0833. The first-order valence-electron chi connectivity index (χ1n) is 9.39. The quantitative estimate of drug-likeness (QED) is 0.416. The van der Waals surface area contributed by atoms with E-state index in [0.717, 1.165) is 10.9 Å². The highest BCUT2D eigenvalue weighted by Gasteiger charge is 2.12. The SMILES string of the molecule is Cc1cccc(Oc2ccc(Cl)cc2NC(=O)COc2cccc3cccnc23)c1. The van der Waals surface area contributed by atoms with Gasteiger partial charge < -0.3 is 14.8 Å². The summed E-state index contributed by atoms with van der Waals surface area (Å²) in [4.78, 5) is 16.9. The molecule has 4 rings (SSSR count). The number of hydrogen-bond donors (Lipinski definition) is 1. The van der Waals surface area contributed by atoms with E-state index in [1.807, 2.05) is 55.5 Å². The van der Waals surface area contributed by atoms with Crippen LogP contribution in [0.5, 0.6) is 17.2 Å². The van der Waals surface area contributed by atoms with Crippen LogP contribution >= 0.6 is 11.6 Å². The molecule has 0 radical (unpaired) electrons. The molecule has 5 nitrogen and oxygen atoms in total. The van der Waals surface area contributed by atoms with Gasteiger partial charge in [-0.05, 0) is 55.0 Å². The highest BCUT2D eigenvalue weighted by Crippen LogP contribution is 2.32. The Morgan fingerprint density at radius 3 is 2.70 bits per heavy atom. The van der Waals surface area contributed by atoms with Crippen LogP contribution in [-0.2, 0) is 4.79 Å². The summed E-state index contributed by atoms with van der Waals surface area (Å²) >= 11 is 6.12. The Hall–Kier alpha value is -3.57. The molecule has 0 atom stereocenters. The molecular formula is C24H19ClN2O3. The lowest BCUT2D eigenvalue weighted by Crippen LogP contribution is -2.20. The second kappa shape index (κ2) is 8.84. The zero-order valence-corrected chi connectivity index (χ0v) is 17.0. The Balaban J connectivity index is 1.48. The first-order chi connectivity index (χ1) is 14.6. The third-order valence-corrected chi connectivity index (χ3v) is 4.62. The minimum atomic E-state index is -0.334. The average Bonchev–Trinajstić information content (AvgIpc) is 2.74. The van der Waals surface area contributed by atoms with Crippen molar-refractivity contribution in [2.45, 2.75) is 6.92 Å². The van der Waals surface area contributed by atoms with Gasteiger partial charge in [-0.1, -0.05) is 41.9 Å². The van der Waals surface area contributed by atoms with Crippen LogP contribution in [0, 0.1) is 6.92 Å². The van der Waals surface area contributed by atoms with Crippen LogP contribution in [0.1, 0.15) is 5.56 Å². The largest absolute Gasteiger partial charge is 0.481 e. The van der Waals surface area contributed by atoms with Crippen molar-refractivity contribution in [2.24, 2.45) is 0 Å². The number of halogens is 1. The van der Waals surface area contributed by atoms with Crippen LogP contribution in [0.2, 0.25) is 5.02 Å². The zero-order valence-electron chi connectivity index (χ0n) is 16.3. The van der Waals surface area contributed by atoms with E-state index in [9.17, 15) is 4.79 Å². The molecule has 4 aromatic rings. The molecule has 0 spiro atoms. The molecule has 0 bridgehead atoms. The minimum Gasteiger partial charge on any atom is -0.481 e. The van der Waals surface area contributed by atoms with E-state index in [4.69, 9.17) is 21.1 Å². The van der Waals surface area contributed by atoms with Crippen LogP contribution in [0.25, 0.3) is 10.9 Å². The molecule has 0 fully saturated rings. The average molecular weight is 419 g/mol. The number of benzene rings is 3. The number of carbonyl (C=O) groups excluding carboxylic acids is 1. The summed E-state index contributed by atoms with van der Waals surface area (Å²) in [6, 6.07) is 22.1. The number of aryl methyl sites for hydroxylation is 1. The Morgan fingerprint density at radius 1 is 1.00 bits per heavy atom. The number of carbonyl (C=O) groups is 1. The number of nitrogens with zero attached hydrogens (tertiary/aromatic N) is 1. The molecule has 6 heteroatoms. The maximum Gasteiger partial charge on any atom is 0.262 e. The predicted molar refractivity (Wildman–Crippen MR) is 119 cm³/mol. The van der Waals surface area contributed by atoms with Gasteiger partial charge in [-0.15, -0.1) is 0 Å². The first-order valence-corrected chi connectivity index (χ1v) is 9.77. The summed E-state index contributed by atoms with van der Waals surface area (Å²) in [5.74, 6) is 1.38. The normalized spacial score (nSPS) is 10.6. The summed E-state index contributed by atoms with van der Waals surface area (Å²) in [6.07, 6.45) is 1.69. The number of anilines is 1. The van der Waals surface area contributed by atoms with E-state index < -0.39 is 0 Å². The molecular weight excluding hydrogens is 400 g/mol. The van der Waals surface area contributed by atoms with Crippen molar-refractivity contribution in [3.8, 4) is 17.2 Å². The topological polar surface area (TPSA) is 60.5 Å². The van der Waals surface area contributed by atoms with Crippen LogP contribution in [0.4, 0.5) is 5.69 Å². The van der Waals surface area contributed by atoms with Crippen molar-refractivity contribution in [3.63, 3.8) is 0 Å². The van der Waals surface area contributed by atoms with Gasteiger partial charge in [0, 0.05) is 16.6 Å². The molecule has 0 saturated carbocycles. The molecule has 0 aliphatic rings. The van der Waals surface area contributed by atoms with Gasteiger partial charge in [0.1, 0.15) is 17.0 Å². The van der Waals surface area contributed by atoms with E-state index in [1.54, 1.807) is 30.5 Å². The summed E-state index contributed by atoms with van der Waals surface area (Å²) in [5.41, 5.74) is 2.25. The number of fused-ring (bicyclic) bond motifs is 1. The summed E-state index contributed by atoms with van der Waals surface area (Å²) < 4.78 is 11.7. The van der Waals surface area contributed by atoms with Crippen molar-refractivity contribution in [3.05, 3.63) is 89.6 Å². The monoisotopic (exact) mass is 418 g/mol. The van der Waals surface area contributed by atoms with Gasteiger partial charge in [-0.3, -0.25) is 9.78 Å². The molecule has 1 heterocycles. The van der Waals surface area contributed by atoms with Gasteiger partial charge in [0.05, 0.1) is 5.69 Å². The van der Waals surface area contributed by atoms with Crippen molar-refractivity contribution in [2.75, 3.05) is 11.9 Å². The van der Waals surface area contributed by atoms with E-state index in [-0.39, 0.29) is 12.5 Å². The Kier molecular flexibility index (Phi) is 5.82. The van der Waals surface area contributed by atoms with Crippen LogP contribution < -0.4 is 14.8 Å². The molecule has 0 unspecified atom stereocenters. The molecule has 1 amide bonds. The summed E-state index contributed by atoms with van der Waals surface area (Å²) in [6.45, 7) is 1.81. The van der Waals surface area contributed by atoms with Gasteiger partial charge in [-0.2, -0.15) is 0 Å². The Morgan fingerprint density at radius 2 is 1.83 bits per heavy atom. The predicted octanol–water partition coefficient (Wildman–Crippen LogP) is 6.01. The van der Waals surface area contributed by atoms with Crippen LogP contribution in [0.3, 0.4) is 0 Å². The molecule has 150 valence electrons. The van der Waals surface area contributed by atoms with E-state index >= 15 is 0 Å². The third kappa shape index (κ3) is 4.70. The van der Waals surface area contributed by atoms with Gasteiger partial charge >= 0.3 is 0 Å². The van der Waals surface area contributed by atoms with E-state index in [1.165, 1.54) is 0 Å². The lowest BCUT2D eigenvalue weighted by molar-refractivity contribution is -0.118. The van der Waals surface area contributed by atoms with E-state index in [0.29, 0.717) is 33.5 Å².